The molecule has 8 nitrogen and oxygen atoms in total. The van der Waals surface area contributed by atoms with Crippen molar-refractivity contribution in [1.29, 1.82) is 0 Å². The van der Waals surface area contributed by atoms with Gasteiger partial charge in [0.1, 0.15) is 12.3 Å². The summed E-state index contributed by atoms with van der Waals surface area (Å²) < 4.78 is 10.4. The molecule has 140 valence electrons. The van der Waals surface area contributed by atoms with Crippen molar-refractivity contribution < 1.29 is 14.3 Å². The molecule has 0 aromatic carbocycles. The lowest BCUT2D eigenvalue weighted by molar-refractivity contribution is -0.115. The van der Waals surface area contributed by atoms with Crippen molar-refractivity contribution in [3.8, 4) is 6.01 Å². The number of anilines is 3. The van der Waals surface area contributed by atoms with Crippen LogP contribution in [0.5, 0.6) is 6.01 Å². The van der Waals surface area contributed by atoms with Crippen molar-refractivity contribution in [2.24, 2.45) is 0 Å². The van der Waals surface area contributed by atoms with E-state index in [4.69, 9.17) is 15.2 Å². The number of allylic oxidation sites excluding steroid dienone is 4. The molecule has 1 aromatic heterocycles. The van der Waals surface area contributed by atoms with Crippen molar-refractivity contribution in [2.75, 3.05) is 49.4 Å². The van der Waals surface area contributed by atoms with Crippen LogP contribution in [-0.4, -0.2) is 49.3 Å². The molecule has 1 amide bonds. The van der Waals surface area contributed by atoms with E-state index in [1.807, 2.05) is 37.0 Å². The van der Waals surface area contributed by atoms with E-state index >= 15 is 0 Å². The average Bonchev–Trinajstić information content (AvgIpc) is 2.56. The quantitative estimate of drug-likeness (QED) is 0.540. The van der Waals surface area contributed by atoms with Crippen molar-refractivity contribution in [3.05, 3.63) is 36.0 Å². The highest BCUT2D eigenvalue weighted by atomic mass is 16.5. The Bertz CT molecular complexity index is 743. The van der Waals surface area contributed by atoms with Gasteiger partial charge in [0.15, 0.2) is 11.6 Å². The minimum Gasteiger partial charge on any atom is -0.461 e. The Morgan fingerprint density at radius 2 is 2.15 bits per heavy atom. The van der Waals surface area contributed by atoms with Crippen molar-refractivity contribution in [3.63, 3.8) is 0 Å². The number of ether oxygens (including phenoxy) is 2. The second-order valence-corrected chi connectivity index (χ2v) is 6.05. The molecule has 0 saturated heterocycles. The van der Waals surface area contributed by atoms with Crippen molar-refractivity contribution >= 4 is 23.2 Å². The number of amides is 1. The molecule has 26 heavy (non-hydrogen) atoms. The van der Waals surface area contributed by atoms with Gasteiger partial charge in [-0.25, -0.2) is 0 Å². The van der Waals surface area contributed by atoms with E-state index in [2.05, 4.69) is 21.9 Å². The predicted octanol–water partition coefficient (Wildman–Crippen LogP) is 1.92. The topological polar surface area (TPSA) is 103 Å². The van der Waals surface area contributed by atoms with Crippen LogP contribution in [0, 0.1) is 0 Å². The third-order valence-corrected chi connectivity index (χ3v) is 3.52. The Balaban J connectivity index is 2.24. The fraction of sp³-hybridized carbons (Fsp3) is 0.389. The largest absolute Gasteiger partial charge is 0.461 e. The van der Waals surface area contributed by atoms with Gasteiger partial charge >= 0.3 is 6.01 Å². The zero-order valence-corrected chi connectivity index (χ0v) is 15.4. The number of aromatic nitrogens is 2. The van der Waals surface area contributed by atoms with E-state index in [-0.39, 0.29) is 24.3 Å². The summed E-state index contributed by atoms with van der Waals surface area (Å²) in [4.78, 5) is 22.3. The van der Waals surface area contributed by atoms with Crippen molar-refractivity contribution in [1.82, 2.24) is 9.97 Å². The smallest absolute Gasteiger partial charge is 0.320 e. The summed E-state index contributed by atoms with van der Waals surface area (Å²) in [6.07, 6.45) is 5.82. The normalized spacial score (nSPS) is 14.3. The number of fused-ring (bicyclic) bond motifs is 1. The molecule has 0 spiro atoms. The Labute approximate surface area is 153 Å². The van der Waals surface area contributed by atoms with E-state index in [1.165, 1.54) is 0 Å². The first kappa shape index (κ1) is 19.5. The average molecular weight is 359 g/mol. The highest BCUT2D eigenvalue weighted by Gasteiger charge is 2.27. The molecule has 8 heteroatoms. The number of nitrogens with zero attached hydrogens (tertiary/aromatic N) is 3. The Morgan fingerprint density at radius 1 is 1.38 bits per heavy atom. The molecule has 1 aliphatic rings. The molecule has 0 aliphatic carbocycles. The fourth-order valence-electron chi connectivity index (χ4n) is 2.36. The third-order valence-electron chi connectivity index (χ3n) is 3.52. The van der Waals surface area contributed by atoms with Gasteiger partial charge in [-0.3, -0.25) is 4.79 Å². The number of methoxy groups -OCH3 is 1. The summed E-state index contributed by atoms with van der Waals surface area (Å²) >= 11 is 0. The van der Waals surface area contributed by atoms with E-state index in [0.717, 1.165) is 11.1 Å². The number of nitrogens with one attached hydrogen (secondary N) is 1. The number of carbonyl (C=O) groups is 1. The monoisotopic (exact) mass is 359 g/mol. The van der Waals surface area contributed by atoms with Crippen LogP contribution >= 0.6 is 0 Å². The molecule has 2 heterocycles. The number of carbonyl (C=O) groups excluding carboxylic acids is 1. The van der Waals surface area contributed by atoms with Crippen LogP contribution in [0.15, 0.2) is 36.0 Å². The van der Waals surface area contributed by atoms with Gasteiger partial charge in [0.05, 0.1) is 13.2 Å². The van der Waals surface area contributed by atoms with Crippen LogP contribution in [0.2, 0.25) is 0 Å². The molecule has 2 rings (SSSR count). The molecule has 0 bridgehead atoms. The maximum Gasteiger partial charge on any atom is 0.320 e. The Morgan fingerprint density at radius 3 is 2.85 bits per heavy atom. The summed E-state index contributed by atoms with van der Waals surface area (Å²) in [5.41, 5.74) is 8.41. The van der Waals surface area contributed by atoms with Gasteiger partial charge in [-0.1, -0.05) is 36.0 Å². The first-order valence-electron chi connectivity index (χ1n) is 8.24. The summed E-state index contributed by atoms with van der Waals surface area (Å²) in [7, 11) is 1.58. The highest BCUT2D eigenvalue weighted by molar-refractivity contribution is 6.03. The van der Waals surface area contributed by atoms with Crippen LogP contribution in [0.3, 0.4) is 0 Å². The lowest BCUT2D eigenvalue weighted by Gasteiger charge is -2.30. The highest BCUT2D eigenvalue weighted by Crippen LogP contribution is 2.33. The van der Waals surface area contributed by atoms with E-state index in [0.29, 0.717) is 31.3 Å². The molecule has 0 radical (unpaired) electrons. The molecule has 0 unspecified atom stereocenters. The molecule has 1 aliphatic heterocycles. The zero-order chi connectivity index (χ0) is 19.1. The summed E-state index contributed by atoms with van der Waals surface area (Å²) in [5, 5.41) is 2.73. The second-order valence-electron chi connectivity index (χ2n) is 6.05. The van der Waals surface area contributed by atoms with Crippen LogP contribution < -0.4 is 20.7 Å². The van der Waals surface area contributed by atoms with E-state index < -0.39 is 0 Å². The van der Waals surface area contributed by atoms with Gasteiger partial charge in [-0.2, -0.15) is 9.97 Å². The first-order valence-corrected chi connectivity index (χ1v) is 8.24. The Hall–Kier alpha value is -2.87. The van der Waals surface area contributed by atoms with E-state index in [9.17, 15) is 4.79 Å². The van der Waals surface area contributed by atoms with Crippen LogP contribution in [0.4, 0.5) is 17.3 Å². The minimum atomic E-state index is -0.161. The Kier molecular flexibility index (Phi) is 6.74. The number of rotatable bonds is 8. The third kappa shape index (κ3) is 5.32. The molecule has 0 atom stereocenters. The number of nitrogens with two attached hydrogens (primary N) is 1. The molecule has 1 aromatic rings. The van der Waals surface area contributed by atoms with Crippen LogP contribution in [0.1, 0.15) is 13.8 Å². The summed E-state index contributed by atoms with van der Waals surface area (Å²) in [6, 6.07) is 0.156. The van der Waals surface area contributed by atoms with Gasteiger partial charge in [-0.05, 0) is 13.8 Å². The lowest BCUT2D eigenvalue weighted by Crippen LogP contribution is -2.40. The maximum absolute atomic E-state index is 12.0. The fourth-order valence-corrected chi connectivity index (χ4v) is 2.36. The van der Waals surface area contributed by atoms with Gasteiger partial charge < -0.3 is 25.4 Å². The number of nitrogen functional groups attached to an aromatic ring is 1. The summed E-state index contributed by atoms with van der Waals surface area (Å²) in [5.74, 6) is 0.552. The van der Waals surface area contributed by atoms with Crippen LogP contribution in [0.25, 0.3) is 0 Å². The molecule has 0 saturated carbocycles. The number of hydrogen-bond donors (Lipinski definition) is 2. The maximum atomic E-state index is 12.0. The van der Waals surface area contributed by atoms with Crippen molar-refractivity contribution in [2.45, 2.75) is 13.8 Å². The van der Waals surface area contributed by atoms with Gasteiger partial charge in [0, 0.05) is 13.7 Å². The zero-order valence-electron chi connectivity index (χ0n) is 15.4. The van der Waals surface area contributed by atoms with E-state index in [1.54, 1.807) is 7.11 Å². The standard InChI is InChI=1S/C18H25N5O3/c1-12(2)6-5-7-13(3)10-23-11-14(24)20-15-16(19)21-18(22-17(15)23)26-9-8-25-4/h5-7H,1,8-11H2,2-4H3,(H,20,24)(H2,19,21,22)/b6-5-,13-7+. The molecular formula is C18H25N5O3. The molecular weight excluding hydrogens is 334 g/mol. The number of hydrogen-bond acceptors (Lipinski definition) is 7. The van der Waals surface area contributed by atoms with Gasteiger partial charge in [-0.15, -0.1) is 0 Å². The predicted molar refractivity (Wildman–Crippen MR) is 102 cm³/mol. The minimum absolute atomic E-state index is 0.156. The van der Waals surface area contributed by atoms with Crippen LogP contribution in [-0.2, 0) is 9.53 Å². The summed E-state index contributed by atoms with van der Waals surface area (Å²) in [6.45, 7) is 9.16. The molecule has 0 fully saturated rings. The van der Waals surface area contributed by atoms with Gasteiger partial charge in [0.25, 0.3) is 0 Å². The van der Waals surface area contributed by atoms with Gasteiger partial charge in [0.2, 0.25) is 5.91 Å². The molecule has 3 N–H and O–H groups in total. The lowest BCUT2D eigenvalue weighted by atomic mass is 10.2. The second kappa shape index (κ2) is 9.00. The SMILES string of the molecule is C=C(C)/C=C\C=C(/C)CN1CC(=O)Nc2c(N)nc(OCCOC)nc21. The first-order chi connectivity index (χ1) is 12.4.